The second kappa shape index (κ2) is 12.0. The van der Waals surface area contributed by atoms with E-state index in [4.69, 9.17) is 15.9 Å². The van der Waals surface area contributed by atoms with Crippen LogP contribution in [0.4, 0.5) is 4.39 Å². The van der Waals surface area contributed by atoms with Crippen LogP contribution in [0.1, 0.15) is 37.7 Å². The normalized spacial score (nSPS) is 12.6. The molecule has 3 heterocycles. The lowest BCUT2D eigenvalue weighted by Gasteiger charge is -2.25. The van der Waals surface area contributed by atoms with Crippen molar-refractivity contribution < 1.29 is 13.9 Å². The van der Waals surface area contributed by atoms with Gasteiger partial charge < -0.3 is 9.47 Å². The van der Waals surface area contributed by atoms with Gasteiger partial charge in [0.05, 0.1) is 36.0 Å². The highest BCUT2D eigenvalue weighted by Crippen LogP contribution is 2.37. The lowest BCUT2D eigenvalue weighted by atomic mass is 10.0. The fourth-order valence-electron chi connectivity index (χ4n) is 4.50. The van der Waals surface area contributed by atoms with Crippen LogP contribution in [0.5, 0.6) is 11.8 Å². The summed E-state index contributed by atoms with van der Waals surface area (Å²) in [5.74, 6) is 3.40. The predicted molar refractivity (Wildman–Crippen MR) is 158 cm³/mol. The third-order valence-electron chi connectivity index (χ3n) is 6.47. The molecule has 9 nitrogen and oxygen atoms in total. The number of aromatic nitrogens is 6. The molecule has 202 valence electrons. The first-order valence-electron chi connectivity index (χ1n) is 12.3. The van der Waals surface area contributed by atoms with Crippen LogP contribution < -0.4 is 9.47 Å². The molecule has 2 atom stereocenters. The van der Waals surface area contributed by atoms with E-state index in [0.717, 1.165) is 23.2 Å². The number of ether oxygens (including phenoxy) is 2. The van der Waals surface area contributed by atoms with Crippen molar-refractivity contribution in [3.8, 4) is 35.2 Å². The van der Waals surface area contributed by atoms with Crippen LogP contribution in [-0.2, 0) is 20.6 Å². The largest absolute Gasteiger partial charge is 0.477 e. The highest BCUT2D eigenvalue weighted by atomic mass is 127. The van der Waals surface area contributed by atoms with Gasteiger partial charge in [0.25, 0.3) is 0 Å². The standard InChI is InChI=1S/C26H32FIN7O2P/c1-8-22-19-11-18(21(27)12-23(19)35(30-22)38-28)20-13-29-33(7)26(20)37-16(4)14-34(9-2)15-24-17(5)25(36-10-3)31-32(24)6/h1,11-13,16,38H,9-10,14-15H2,2-7H3. The summed E-state index contributed by atoms with van der Waals surface area (Å²) in [6.45, 7) is 10.9. The molecule has 0 saturated heterocycles. The maximum atomic E-state index is 15.4. The number of halogens is 2. The van der Waals surface area contributed by atoms with Gasteiger partial charge in [-0.15, -0.1) is 11.5 Å². The molecule has 1 aromatic carbocycles. The second-order valence-corrected chi connectivity index (χ2v) is 11.1. The Morgan fingerprint density at radius 3 is 2.63 bits per heavy atom. The summed E-state index contributed by atoms with van der Waals surface area (Å²) in [5.41, 5.74) is 4.24. The third kappa shape index (κ3) is 5.53. The van der Waals surface area contributed by atoms with E-state index in [2.05, 4.69) is 55.1 Å². The summed E-state index contributed by atoms with van der Waals surface area (Å²) < 4.78 is 32.7. The Morgan fingerprint density at radius 1 is 1.21 bits per heavy atom. The average Bonchev–Trinajstić information content (AvgIpc) is 3.52. The Labute approximate surface area is 237 Å². The minimum atomic E-state index is -0.380. The Hall–Kier alpha value is -2.68. The number of benzene rings is 1. The highest BCUT2D eigenvalue weighted by molar-refractivity contribution is 14.2. The molecule has 0 saturated carbocycles. The molecule has 0 bridgehead atoms. The van der Waals surface area contributed by atoms with Crippen LogP contribution in [0.15, 0.2) is 18.3 Å². The van der Waals surface area contributed by atoms with Crippen LogP contribution in [-0.4, -0.2) is 59.8 Å². The topological polar surface area (TPSA) is 75.2 Å². The van der Waals surface area contributed by atoms with Crippen molar-refractivity contribution >= 4 is 39.3 Å². The highest BCUT2D eigenvalue weighted by Gasteiger charge is 2.23. The Morgan fingerprint density at radius 2 is 1.97 bits per heavy atom. The zero-order valence-electron chi connectivity index (χ0n) is 22.4. The maximum absolute atomic E-state index is 15.4. The minimum absolute atomic E-state index is 0.194. The van der Waals surface area contributed by atoms with Gasteiger partial charge in [-0.1, -0.05) is 6.92 Å². The molecule has 3 aromatic heterocycles. The summed E-state index contributed by atoms with van der Waals surface area (Å²) in [4.78, 5) is 2.28. The van der Waals surface area contributed by atoms with Gasteiger partial charge in [0.1, 0.15) is 17.6 Å². The first-order valence-corrected chi connectivity index (χ1v) is 16.4. The van der Waals surface area contributed by atoms with Gasteiger partial charge in [-0.2, -0.15) is 10.2 Å². The van der Waals surface area contributed by atoms with Crippen molar-refractivity contribution in [3.63, 3.8) is 0 Å². The summed E-state index contributed by atoms with van der Waals surface area (Å²) in [5, 5.41) is 14.0. The maximum Gasteiger partial charge on any atom is 0.236 e. The van der Waals surface area contributed by atoms with Gasteiger partial charge in [0.15, 0.2) is 0 Å². The monoisotopic (exact) mass is 651 g/mol. The SMILES string of the molecule is C#Cc1nn(PI)c2cc(F)c(-c3cnn(C)c3OC(C)CN(CC)Cc3c(C)c(OCC)nn3C)cc12. The van der Waals surface area contributed by atoms with Crippen molar-refractivity contribution in [2.75, 3.05) is 19.7 Å². The fraction of sp³-hybridized carbons (Fsp3) is 0.423. The van der Waals surface area contributed by atoms with Crippen LogP contribution in [0.25, 0.3) is 22.0 Å². The molecule has 4 rings (SSSR count). The number of likely N-dealkylation sites (N-methyl/N-ethyl adjacent to an activating group) is 1. The van der Waals surface area contributed by atoms with Crippen molar-refractivity contribution in [2.45, 2.75) is 40.3 Å². The molecule has 0 aliphatic carbocycles. The van der Waals surface area contributed by atoms with E-state index in [9.17, 15) is 0 Å². The smallest absolute Gasteiger partial charge is 0.236 e. The van der Waals surface area contributed by atoms with Gasteiger partial charge in [-0.3, -0.25) is 9.58 Å². The zero-order chi connectivity index (χ0) is 27.6. The molecule has 12 heteroatoms. The summed E-state index contributed by atoms with van der Waals surface area (Å²) in [6, 6.07) is 3.23. The van der Waals surface area contributed by atoms with Crippen LogP contribution in [0.3, 0.4) is 0 Å². The molecule has 0 spiro atoms. The molecule has 0 N–H and O–H groups in total. The van der Waals surface area contributed by atoms with Crippen molar-refractivity contribution in [3.05, 3.63) is 41.1 Å². The van der Waals surface area contributed by atoms with E-state index < -0.39 is 0 Å². The number of nitrogens with zero attached hydrogens (tertiary/aromatic N) is 7. The molecule has 0 radical (unpaired) electrons. The van der Waals surface area contributed by atoms with E-state index in [-0.39, 0.29) is 11.9 Å². The lowest BCUT2D eigenvalue weighted by molar-refractivity contribution is 0.134. The first-order chi connectivity index (χ1) is 18.2. The quantitative estimate of drug-likeness (QED) is 0.128. The number of aryl methyl sites for hydroxylation is 2. The van der Waals surface area contributed by atoms with E-state index in [1.165, 1.54) is 6.07 Å². The Balaban J connectivity index is 1.58. The second-order valence-electron chi connectivity index (χ2n) is 9.02. The molecule has 0 aliphatic heterocycles. The number of terminal acetylenes is 1. The van der Waals surface area contributed by atoms with Gasteiger partial charge >= 0.3 is 0 Å². The number of hydrogen-bond acceptors (Lipinski definition) is 6. The molecule has 2 unspecified atom stereocenters. The average molecular weight is 651 g/mol. The Kier molecular flexibility index (Phi) is 8.96. The van der Waals surface area contributed by atoms with E-state index >= 15 is 4.39 Å². The van der Waals surface area contributed by atoms with Gasteiger partial charge in [-0.25, -0.2) is 13.5 Å². The molecular formula is C26H32FIN7O2P. The first kappa shape index (κ1) is 28.3. The molecule has 0 fully saturated rings. The van der Waals surface area contributed by atoms with Crippen LogP contribution >= 0.6 is 28.4 Å². The third-order valence-corrected chi connectivity index (χ3v) is 8.35. The van der Waals surface area contributed by atoms with E-state index in [0.29, 0.717) is 60.2 Å². The van der Waals surface area contributed by atoms with Crippen molar-refractivity contribution in [1.82, 2.24) is 34.0 Å². The van der Waals surface area contributed by atoms with Gasteiger partial charge in [0.2, 0.25) is 11.8 Å². The van der Waals surface area contributed by atoms with Gasteiger partial charge in [-0.05, 0) is 61.3 Å². The molecule has 0 amide bonds. The number of fused-ring (bicyclic) bond motifs is 1. The number of hydrogen-bond donors (Lipinski definition) is 0. The lowest BCUT2D eigenvalue weighted by Crippen LogP contribution is -2.34. The summed E-state index contributed by atoms with van der Waals surface area (Å²) in [7, 11) is 3.72. The molecule has 38 heavy (non-hydrogen) atoms. The minimum Gasteiger partial charge on any atom is -0.477 e. The summed E-state index contributed by atoms with van der Waals surface area (Å²) >= 11 is 2.20. The Bertz CT molecular complexity index is 1490. The van der Waals surface area contributed by atoms with E-state index in [1.807, 2.05) is 32.5 Å². The summed E-state index contributed by atoms with van der Waals surface area (Å²) in [6.07, 6.45) is 7.42. The number of rotatable bonds is 11. The zero-order valence-corrected chi connectivity index (χ0v) is 25.6. The van der Waals surface area contributed by atoms with Crippen molar-refractivity contribution in [1.29, 1.82) is 0 Å². The predicted octanol–water partition coefficient (Wildman–Crippen LogP) is 5.08. The molecule has 4 aromatic rings. The fourth-order valence-corrected chi connectivity index (χ4v) is 6.02. The van der Waals surface area contributed by atoms with Crippen LogP contribution in [0, 0.1) is 25.1 Å². The molecular weight excluding hydrogens is 619 g/mol. The molecule has 0 aliphatic rings. The van der Waals surface area contributed by atoms with Crippen LogP contribution in [0.2, 0.25) is 0 Å². The van der Waals surface area contributed by atoms with Gasteiger partial charge in [0, 0.05) is 49.8 Å². The van der Waals surface area contributed by atoms with E-state index in [1.54, 1.807) is 28.4 Å². The van der Waals surface area contributed by atoms with Crippen molar-refractivity contribution in [2.24, 2.45) is 14.1 Å².